The lowest BCUT2D eigenvalue weighted by atomic mass is 10.2. The number of hydrogen-bond donors (Lipinski definition) is 1. The van der Waals surface area contributed by atoms with Crippen LogP contribution >= 0.6 is 23.2 Å². The van der Waals surface area contributed by atoms with Crippen LogP contribution in [0.1, 0.15) is 11.1 Å². The molecule has 0 aliphatic heterocycles. The minimum absolute atomic E-state index is 0.0363. The second kappa shape index (κ2) is 5.94. The second-order valence-corrected chi connectivity index (χ2v) is 6.79. The van der Waals surface area contributed by atoms with Crippen molar-refractivity contribution in [1.82, 2.24) is 0 Å². The molecule has 0 unspecified atom stereocenters. The Balaban J connectivity index is 2.44. The Bertz CT molecular complexity index is 822. The van der Waals surface area contributed by atoms with E-state index in [0.29, 0.717) is 16.3 Å². The highest BCUT2D eigenvalue weighted by Gasteiger charge is 2.18. The van der Waals surface area contributed by atoms with Crippen molar-refractivity contribution in [3.05, 3.63) is 57.6 Å². The maximum Gasteiger partial charge on any atom is 0.262 e. The van der Waals surface area contributed by atoms with Crippen LogP contribution in [-0.4, -0.2) is 8.42 Å². The zero-order chi connectivity index (χ0) is 15.6. The molecular weight excluding hydrogens is 331 g/mol. The number of hydrogen-bond acceptors (Lipinski definition) is 3. The van der Waals surface area contributed by atoms with Gasteiger partial charge < -0.3 is 0 Å². The molecule has 108 valence electrons. The van der Waals surface area contributed by atoms with Gasteiger partial charge in [0.25, 0.3) is 10.0 Å². The summed E-state index contributed by atoms with van der Waals surface area (Å²) in [6, 6.07) is 10.9. The second-order valence-electron chi connectivity index (χ2n) is 4.29. The first kappa shape index (κ1) is 15.6. The van der Waals surface area contributed by atoms with Gasteiger partial charge in [-0.3, -0.25) is 4.72 Å². The summed E-state index contributed by atoms with van der Waals surface area (Å²) in [5.41, 5.74) is 1.23. The molecule has 1 N–H and O–H groups in total. The van der Waals surface area contributed by atoms with Gasteiger partial charge in [-0.1, -0.05) is 35.3 Å². The van der Waals surface area contributed by atoms with E-state index in [9.17, 15) is 8.42 Å². The van der Waals surface area contributed by atoms with Crippen LogP contribution in [0.5, 0.6) is 0 Å². The Morgan fingerprint density at radius 3 is 2.43 bits per heavy atom. The molecule has 2 rings (SSSR count). The molecule has 0 radical (unpaired) electrons. The molecule has 2 aromatic rings. The molecule has 0 aliphatic carbocycles. The molecule has 21 heavy (non-hydrogen) atoms. The van der Waals surface area contributed by atoms with E-state index in [0.717, 1.165) is 0 Å². The van der Waals surface area contributed by atoms with Crippen molar-refractivity contribution in [1.29, 1.82) is 5.26 Å². The van der Waals surface area contributed by atoms with Gasteiger partial charge in [-0.15, -0.1) is 0 Å². The number of benzene rings is 2. The van der Waals surface area contributed by atoms with E-state index in [1.165, 1.54) is 18.2 Å². The fraction of sp³-hybridized carbons (Fsp3) is 0.0714. The molecular formula is C14H10Cl2N2O2S. The number of para-hydroxylation sites is 1. The third-order valence-corrected chi connectivity index (χ3v) is 4.80. The predicted octanol–water partition coefficient (Wildman–Crippen LogP) is 3.97. The normalized spacial score (nSPS) is 11.0. The molecule has 7 heteroatoms. The molecule has 0 saturated carbocycles. The van der Waals surface area contributed by atoms with Crippen LogP contribution in [-0.2, 0) is 10.0 Å². The standard InChI is InChI=1S/C14H10Cl2N2O2S/c1-9-3-2-4-12(15)14(9)18-21(19,20)11-6-5-10(8-17)13(16)7-11/h2-7,18H,1H3. The number of sulfonamides is 1. The number of nitriles is 1. The number of aryl methyl sites for hydroxylation is 1. The van der Waals surface area contributed by atoms with Gasteiger partial charge in [0.1, 0.15) is 6.07 Å². The fourth-order valence-corrected chi connectivity index (χ4v) is 3.50. The molecule has 0 heterocycles. The molecule has 0 atom stereocenters. The monoisotopic (exact) mass is 340 g/mol. The number of nitrogens with zero attached hydrogens (tertiary/aromatic N) is 1. The highest BCUT2D eigenvalue weighted by atomic mass is 35.5. The Morgan fingerprint density at radius 2 is 1.86 bits per heavy atom. The minimum atomic E-state index is -3.83. The Hall–Kier alpha value is -1.74. The molecule has 2 aromatic carbocycles. The lowest BCUT2D eigenvalue weighted by Gasteiger charge is -2.12. The van der Waals surface area contributed by atoms with Gasteiger partial charge >= 0.3 is 0 Å². The first-order chi connectivity index (χ1) is 9.85. The smallest absolute Gasteiger partial charge is 0.262 e. The van der Waals surface area contributed by atoms with Gasteiger partial charge in [0.15, 0.2) is 0 Å². The molecule has 0 amide bonds. The van der Waals surface area contributed by atoms with Crippen molar-refractivity contribution in [2.24, 2.45) is 0 Å². The molecule has 0 aliphatic rings. The molecule has 0 spiro atoms. The van der Waals surface area contributed by atoms with Crippen LogP contribution in [0.15, 0.2) is 41.3 Å². The van der Waals surface area contributed by atoms with Gasteiger partial charge in [-0.25, -0.2) is 8.42 Å². The van der Waals surface area contributed by atoms with E-state index < -0.39 is 10.0 Å². The topological polar surface area (TPSA) is 70.0 Å². The summed E-state index contributed by atoms with van der Waals surface area (Å²) in [6.45, 7) is 1.75. The highest BCUT2D eigenvalue weighted by molar-refractivity contribution is 7.92. The van der Waals surface area contributed by atoms with Gasteiger partial charge in [0.05, 0.1) is 26.2 Å². The van der Waals surface area contributed by atoms with Gasteiger partial charge in [0.2, 0.25) is 0 Å². The van der Waals surface area contributed by atoms with Gasteiger partial charge in [-0.05, 0) is 36.8 Å². The van der Waals surface area contributed by atoms with E-state index in [4.69, 9.17) is 28.5 Å². The average Bonchev–Trinajstić information content (AvgIpc) is 2.43. The fourth-order valence-electron chi connectivity index (χ4n) is 1.71. The van der Waals surface area contributed by atoms with Crippen molar-refractivity contribution >= 4 is 38.9 Å². The largest absolute Gasteiger partial charge is 0.278 e. The summed E-state index contributed by atoms with van der Waals surface area (Å²) in [4.78, 5) is -0.0363. The summed E-state index contributed by atoms with van der Waals surface area (Å²) in [5, 5.41) is 9.19. The summed E-state index contributed by atoms with van der Waals surface area (Å²) >= 11 is 11.9. The summed E-state index contributed by atoms with van der Waals surface area (Å²) in [6.07, 6.45) is 0. The summed E-state index contributed by atoms with van der Waals surface area (Å²) in [7, 11) is -3.83. The highest BCUT2D eigenvalue weighted by Crippen LogP contribution is 2.29. The molecule has 4 nitrogen and oxygen atoms in total. The number of halogens is 2. The first-order valence-electron chi connectivity index (χ1n) is 5.83. The van der Waals surface area contributed by atoms with Crippen LogP contribution in [0, 0.1) is 18.3 Å². The number of anilines is 1. The lowest BCUT2D eigenvalue weighted by molar-refractivity contribution is 0.601. The SMILES string of the molecule is Cc1cccc(Cl)c1NS(=O)(=O)c1ccc(C#N)c(Cl)c1. The summed E-state index contributed by atoms with van der Waals surface area (Å²) < 4.78 is 27.1. The average molecular weight is 341 g/mol. The zero-order valence-corrected chi connectivity index (χ0v) is 13.2. The lowest BCUT2D eigenvalue weighted by Crippen LogP contribution is -2.14. The Kier molecular flexibility index (Phi) is 4.43. The quantitative estimate of drug-likeness (QED) is 0.918. The predicted molar refractivity (Wildman–Crippen MR) is 83.2 cm³/mol. The van der Waals surface area contributed by atoms with Crippen molar-refractivity contribution < 1.29 is 8.42 Å². The summed E-state index contributed by atoms with van der Waals surface area (Å²) in [5.74, 6) is 0. The van der Waals surface area contributed by atoms with Crippen molar-refractivity contribution in [3.8, 4) is 6.07 Å². The van der Waals surface area contributed by atoms with Crippen LogP contribution in [0.25, 0.3) is 0 Å². The van der Waals surface area contributed by atoms with E-state index in [2.05, 4.69) is 4.72 Å². The van der Waals surface area contributed by atoms with E-state index in [1.807, 2.05) is 6.07 Å². The molecule has 0 bridgehead atoms. The Morgan fingerprint density at radius 1 is 1.14 bits per heavy atom. The van der Waals surface area contributed by atoms with Crippen LogP contribution in [0.2, 0.25) is 10.0 Å². The van der Waals surface area contributed by atoms with E-state index in [1.54, 1.807) is 25.1 Å². The third kappa shape index (κ3) is 3.30. The van der Waals surface area contributed by atoms with Crippen molar-refractivity contribution in [2.45, 2.75) is 11.8 Å². The number of nitrogens with one attached hydrogen (secondary N) is 1. The maximum atomic E-state index is 12.3. The molecule has 0 aromatic heterocycles. The van der Waals surface area contributed by atoms with E-state index >= 15 is 0 Å². The van der Waals surface area contributed by atoms with Crippen LogP contribution in [0.3, 0.4) is 0 Å². The maximum absolute atomic E-state index is 12.3. The van der Waals surface area contributed by atoms with Gasteiger partial charge in [-0.2, -0.15) is 5.26 Å². The third-order valence-electron chi connectivity index (χ3n) is 2.83. The minimum Gasteiger partial charge on any atom is -0.278 e. The molecule has 0 saturated heterocycles. The van der Waals surface area contributed by atoms with E-state index in [-0.39, 0.29) is 15.5 Å². The zero-order valence-electron chi connectivity index (χ0n) is 10.9. The number of rotatable bonds is 3. The molecule has 0 fully saturated rings. The van der Waals surface area contributed by atoms with Crippen molar-refractivity contribution in [2.75, 3.05) is 4.72 Å². The Labute approximate surface area is 133 Å². The van der Waals surface area contributed by atoms with Crippen LogP contribution in [0.4, 0.5) is 5.69 Å². The first-order valence-corrected chi connectivity index (χ1v) is 8.06. The van der Waals surface area contributed by atoms with Crippen molar-refractivity contribution in [3.63, 3.8) is 0 Å². The van der Waals surface area contributed by atoms with Crippen LogP contribution < -0.4 is 4.72 Å². The van der Waals surface area contributed by atoms with Gasteiger partial charge in [0, 0.05) is 0 Å².